The third kappa shape index (κ3) is 6.28. The first-order valence-corrected chi connectivity index (χ1v) is 10.1. The summed E-state index contributed by atoms with van der Waals surface area (Å²) < 4.78 is 11.2. The van der Waals surface area contributed by atoms with E-state index in [0.29, 0.717) is 12.2 Å². The zero-order valence-corrected chi connectivity index (χ0v) is 16.3. The fourth-order valence-corrected chi connectivity index (χ4v) is 3.82. The molecular formula is C19H32N2O2S. The van der Waals surface area contributed by atoms with Gasteiger partial charge in [0.05, 0.1) is 19.3 Å². The van der Waals surface area contributed by atoms with Crippen LogP contribution in [0.2, 0.25) is 0 Å². The van der Waals surface area contributed by atoms with Crippen molar-refractivity contribution in [2.24, 2.45) is 0 Å². The fourth-order valence-electron chi connectivity index (χ4n) is 3.28. The first kappa shape index (κ1) is 19.6. The molecule has 0 saturated carbocycles. The smallest absolute Gasteiger partial charge is 0.132 e. The summed E-state index contributed by atoms with van der Waals surface area (Å²) in [6.45, 7) is 9.61. The molecule has 24 heavy (non-hydrogen) atoms. The zero-order chi connectivity index (χ0) is 17.4. The van der Waals surface area contributed by atoms with Crippen molar-refractivity contribution >= 4 is 11.8 Å². The van der Waals surface area contributed by atoms with Crippen LogP contribution in [0, 0.1) is 0 Å². The molecule has 0 bridgehead atoms. The van der Waals surface area contributed by atoms with Crippen LogP contribution in [-0.2, 0) is 11.3 Å². The van der Waals surface area contributed by atoms with Crippen molar-refractivity contribution in [1.82, 2.24) is 10.2 Å². The first-order valence-electron chi connectivity index (χ1n) is 8.91. The summed E-state index contributed by atoms with van der Waals surface area (Å²) in [5.41, 5.74) is 1.28. The van der Waals surface area contributed by atoms with Crippen LogP contribution in [0.4, 0.5) is 0 Å². The molecule has 0 amide bonds. The molecule has 5 heteroatoms. The lowest BCUT2D eigenvalue weighted by atomic mass is 10.2. The normalized spacial score (nSPS) is 21.8. The monoisotopic (exact) mass is 352 g/mol. The Balaban J connectivity index is 1.61. The van der Waals surface area contributed by atoms with Gasteiger partial charge in [-0.1, -0.05) is 6.07 Å². The van der Waals surface area contributed by atoms with Crippen LogP contribution < -0.4 is 10.1 Å². The summed E-state index contributed by atoms with van der Waals surface area (Å²) in [6, 6.07) is 6.45. The lowest BCUT2D eigenvalue weighted by Crippen LogP contribution is -2.45. The van der Waals surface area contributed by atoms with Crippen molar-refractivity contribution in [2.45, 2.75) is 50.3 Å². The third-order valence-electron chi connectivity index (χ3n) is 4.35. The molecule has 1 aliphatic rings. The number of ether oxygens (including phenoxy) is 2. The molecule has 0 aliphatic carbocycles. The van der Waals surface area contributed by atoms with E-state index >= 15 is 0 Å². The maximum atomic E-state index is 5.78. The summed E-state index contributed by atoms with van der Waals surface area (Å²) in [7, 11) is 1.74. The largest absolute Gasteiger partial charge is 0.496 e. The predicted molar refractivity (Wildman–Crippen MR) is 102 cm³/mol. The molecule has 0 spiro atoms. The van der Waals surface area contributed by atoms with Crippen LogP contribution in [0.3, 0.4) is 0 Å². The van der Waals surface area contributed by atoms with Gasteiger partial charge in [0.1, 0.15) is 5.75 Å². The van der Waals surface area contributed by atoms with Crippen LogP contribution in [0.1, 0.15) is 32.3 Å². The van der Waals surface area contributed by atoms with E-state index < -0.39 is 0 Å². The van der Waals surface area contributed by atoms with Gasteiger partial charge in [0, 0.05) is 24.5 Å². The van der Waals surface area contributed by atoms with E-state index in [0.717, 1.165) is 31.9 Å². The van der Waals surface area contributed by atoms with Gasteiger partial charge in [0.25, 0.3) is 0 Å². The van der Waals surface area contributed by atoms with Gasteiger partial charge in [-0.05, 0) is 63.7 Å². The van der Waals surface area contributed by atoms with Gasteiger partial charge in [-0.2, -0.15) is 0 Å². The quantitative estimate of drug-likeness (QED) is 0.544. The lowest BCUT2D eigenvalue weighted by molar-refractivity contribution is -0.0681. The minimum Gasteiger partial charge on any atom is -0.496 e. The average molecular weight is 353 g/mol. The highest BCUT2D eigenvalue weighted by molar-refractivity contribution is 7.98. The Kier molecular flexibility index (Phi) is 8.39. The number of hydrogen-bond acceptors (Lipinski definition) is 5. The molecule has 1 fully saturated rings. The second-order valence-corrected chi connectivity index (χ2v) is 7.44. The van der Waals surface area contributed by atoms with Gasteiger partial charge in [0.15, 0.2) is 0 Å². The molecule has 1 heterocycles. The Bertz CT molecular complexity index is 488. The van der Waals surface area contributed by atoms with Crippen molar-refractivity contribution < 1.29 is 9.47 Å². The minimum absolute atomic E-state index is 0.367. The fraction of sp³-hybridized carbons (Fsp3) is 0.684. The van der Waals surface area contributed by atoms with Crippen molar-refractivity contribution in [1.29, 1.82) is 0 Å². The Morgan fingerprint density at radius 1 is 1.25 bits per heavy atom. The third-order valence-corrected chi connectivity index (χ3v) is 5.13. The second-order valence-electron chi connectivity index (χ2n) is 6.59. The average Bonchev–Trinajstić information content (AvgIpc) is 2.56. The van der Waals surface area contributed by atoms with Gasteiger partial charge >= 0.3 is 0 Å². The van der Waals surface area contributed by atoms with Crippen molar-refractivity contribution in [2.75, 3.05) is 39.5 Å². The summed E-state index contributed by atoms with van der Waals surface area (Å²) in [5.74, 6) is 0.970. The highest BCUT2D eigenvalue weighted by atomic mass is 32.2. The zero-order valence-electron chi connectivity index (χ0n) is 15.5. The number of nitrogens with one attached hydrogen (secondary N) is 1. The second kappa shape index (κ2) is 10.3. The van der Waals surface area contributed by atoms with E-state index in [-0.39, 0.29) is 0 Å². The van der Waals surface area contributed by atoms with E-state index in [2.05, 4.69) is 48.5 Å². The standard InChI is InChI=1S/C19H32N2O2S/c1-15-13-21(14-16(2)23-15)10-6-5-9-20-12-17-7-8-19(24-4)18(11-17)22-3/h7-8,11,15-16,20H,5-6,9-10,12-14H2,1-4H3. The number of rotatable bonds is 9. The van der Waals surface area contributed by atoms with Gasteiger partial charge in [0.2, 0.25) is 0 Å². The summed E-state index contributed by atoms with van der Waals surface area (Å²) in [5, 5.41) is 3.54. The number of unbranched alkanes of at least 4 members (excludes halogenated alkanes) is 1. The molecular weight excluding hydrogens is 320 g/mol. The van der Waals surface area contributed by atoms with E-state index in [1.54, 1.807) is 18.9 Å². The predicted octanol–water partition coefficient (Wildman–Crippen LogP) is 3.40. The van der Waals surface area contributed by atoms with Crippen LogP contribution in [0.15, 0.2) is 23.1 Å². The van der Waals surface area contributed by atoms with Gasteiger partial charge in [-0.25, -0.2) is 0 Å². The highest BCUT2D eigenvalue weighted by Gasteiger charge is 2.21. The molecule has 136 valence electrons. The van der Waals surface area contributed by atoms with Crippen molar-refractivity contribution in [3.05, 3.63) is 23.8 Å². The molecule has 4 nitrogen and oxygen atoms in total. The van der Waals surface area contributed by atoms with Crippen LogP contribution in [0.5, 0.6) is 5.75 Å². The lowest BCUT2D eigenvalue weighted by Gasteiger charge is -2.35. The van der Waals surface area contributed by atoms with E-state index in [4.69, 9.17) is 9.47 Å². The van der Waals surface area contributed by atoms with Crippen LogP contribution in [-0.4, -0.2) is 56.7 Å². The SMILES string of the molecule is COc1cc(CNCCCCN2CC(C)OC(C)C2)ccc1SC. The number of benzene rings is 1. The maximum Gasteiger partial charge on any atom is 0.132 e. The molecule has 1 aromatic rings. The molecule has 1 aliphatic heterocycles. The number of morpholine rings is 1. The summed E-state index contributed by atoms with van der Waals surface area (Å²) in [4.78, 5) is 3.72. The van der Waals surface area contributed by atoms with Crippen LogP contribution >= 0.6 is 11.8 Å². The Morgan fingerprint density at radius 3 is 2.67 bits per heavy atom. The van der Waals surface area contributed by atoms with E-state index in [9.17, 15) is 0 Å². The Hall–Kier alpha value is -0.750. The van der Waals surface area contributed by atoms with Crippen molar-refractivity contribution in [3.8, 4) is 5.75 Å². The summed E-state index contributed by atoms with van der Waals surface area (Å²) in [6.07, 6.45) is 5.25. The molecule has 2 atom stereocenters. The maximum absolute atomic E-state index is 5.78. The first-order chi connectivity index (χ1) is 11.6. The van der Waals surface area contributed by atoms with Crippen molar-refractivity contribution in [3.63, 3.8) is 0 Å². The molecule has 1 aromatic carbocycles. The van der Waals surface area contributed by atoms with E-state index in [1.807, 2.05) is 0 Å². The van der Waals surface area contributed by atoms with Crippen LogP contribution in [0.25, 0.3) is 0 Å². The Morgan fingerprint density at radius 2 is 2.00 bits per heavy atom. The highest BCUT2D eigenvalue weighted by Crippen LogP contribution is 2.28. The number of methoxy groups -OCH3 is 1. The topological polar surface area (TPSA) is 33.7 Å². The number of nitrogens with zero attached hydrogens (tertiary/aromatic N) is 1. The van der Waals surface area contributed by atoms with E-state index in [1.165, 1.54) is 29.8 Å². The Labute approximate surface area is 151 Å². The molecule has 0 aromatic heterocycles. The molecule has 1 N–H and O–H groups in total. The molecule has 0 radical (unpaired) electrons. The molecule has 1 saturated heterocycles. The molecule has 2 unspecified atom stereocenters. The number of thioether (sulfide) groups is 1. The van der Waals surface area contributed by atoms with Gasteiger partial charge < -0.3 is 14.8 Å². The summed E-state index contributed by atoms with van der Waals surface area (Å²) >= 11 is 1.72. The minimum atomic E-state index is 0.367. The van der Waals surface area contributed by atoms with Gasteiger partial charge in [-0.15, -0.1) is 11.8 Å². The van der Waals surface area contributed by atoms with Gasteiger partial charge in [-0.3, -0.25) is 4.90 Å². The number of hydrogen-bond donors (Lipinski definition) is 1. The molecule has 2 rings (SSSR count).